The molecule has 0 aliphatic rings. The molecule has 0 aromatic carbocycles. The molecule has 0 N–H and O–H groups in total. The standard InChI is InChI=1S/C7H10N2.C4H6O3/c1-9(2)7-5-3-4-6-8-7;1-3(5)7-4(2)6/h3-6H,1-2H3;1-2H3. The van der Waals surface area contributed by atoms with Crippen LogP contribution in [0.3, 0.4) is 0 Å². The van der Waals surface area contributed by atoms with Gasteiger partial charge in [0.25, 0.3) is 0 Å². The number of rotatable bonds is 1. The molecule has 0 unspecified atom stereocenters. The van der Waals surface area contributed by atoms with Crippen LogP contribution in [-0.4, -0.2) is 31.0 Å². The largest absolute Gasteiger partial charge is 0.394 e. The number of esters is 2. The SMILES string of the molecule is CC(=O)OC(C)=O.CN(C)c1ccccn1. The number of ether oxygens (including phenoxy) is 1. The Balaban J connectivity index is 0.000000293. The monoisotopic (exact) mass is 224 g/mol. The molecule has 5 nitrogen and oxygen atoms in total. The highest BCUT2D eigenvalue weighted by molar-refractivity contribution is 5.82. The lowest BCUT2D eigenvalue weighted by molar-refractivity contribution is -0.156. The number of aromatic nitrogens is 1. The van der Waals surface area contributed by atoms with Gasteiger partial charge in [-0.1, -0.05) is 6.07 Å². The van der Waals surface area contributed by atoms with Gasteiger partial charge >= 0.3 is 11.9 Å². The van der Waals surface area contributed by atoms with Gasteiger partial charge in [0.1, 0.15) is 5.82 Å². The van der Waals surface area contributed by atoms with Gasteiger partial charge in [-0.3, -0.25) is 9.59 Å². The van der Waals surface area contributed by atoms with Crippen LogP contribution in [0.25, 0.3) is 0 Å². The molecule has 0 spiro atoms. The van der Waals surface area contributed by atoms with Crippen molar-refractivity contribution < 1.29 is 14.3 Å². The van der Waals surface area contributed by atoms with Gasteiger partial charge in [0, 0.05) is 34.1 Å². The highest BCUT2D eigenvalue weighted by Crippen LogP contribution is 2.02. The average molecular weight is 224 g/mol. The van der Waals surface area contributed by atoms with Crippen molar-refractivity contribution >= 4 is 17.8 Å². The maximum atomic E-state index is 9.81. The van der Waals surface area contributed by atoms with Crippen molar-refractivity contribution in [2.24, 2.45) is 0 Å². The number of hydrogen-bond donors (Lipinski definition) is 0. The van der Waals surface area contributed by atoms with Crippen LogP contribution in [0.5, 0.6) is 0 Å². The first-order chi connectivity index (χ1) is 7.43. The topological polar surface area (TPSA) is 59.5 Å². The van der Waals surface area contributed by atoms with Crippen molar-refractivity contribution in [3.63, 3.8) is 0 Å². The van der Waals surface area contributed by atoms with Crippen molar-refractivity contribution in [1.29, 1.82) is 0 Å². The summed E-state index contributed by atoms with van der Waals surface area (Å²) < 4.78 is 3.97. The average Bonchev–Trinajstić information content (AvgIpc) is 2.17. The van der Waals surface area contributed by atoms with Crippen LogP contribution in [0.4, 0.5) is 5.82 Å². The van der Waals surface area contributed by atoms with E-state index in [-0.39, 0.29) is 0 Å². The number of hydrogen-bond acceptors (Lipinski definition) is 5. The van der Waals surface area contributed by atoms with Gasteiger partial charge in [0.2, 0.25) is 0 Å². The molecule has 0 aliphatic carbocycles. The summed E-state index contributed by atoms with van der Waals surface area (Å²) in [7, 11) is 3.95. The molecule has 1 aromatic heterocycles. The molecule has 0 fully saturated rings. The lowest BCUT2D eigenvalue weighted by atomic mass is 10.4. The minimum absolute atomic E-state index is 0.562. The molecule has 1 aromatic rings. The fourth-order valence-corrected chi connectivity index (χ4v) is 0.821. The third kappa shape index (κ3) is 7.49. The molecule has 88 valence electrons. The Morgan fingerprint density at radius 2 is 1.75 bits per heavy atom. The van der Waals surface area contributed by atoms with E-state index in [2.05, 4.69) is 9.72 Å². The minimum Gasteiger partial charge on any atom is -0.394 e. The maximum absolute atomic E-state index is 9.81. The van der Waals surface area contributed by atoms with Crippen molar-refractivity contribution in [1.82, 2.24) is 4.98 Å². The smallest absolute Gasteiger partial charge is 0.310 e. The summed E-state index contributed by atoms with van der Waals surface area (Å²) in [6, 6.07) is 5.86. The number of carbonyl (C=O) groups is 2. The van der Waals surface area contributed by atoms with Gasteiger partial charge in [0.15, 0.2) is 0 Å². The Morgan fingerprint density at radius 3 is 1.94 bits per heavy atom. The van der Waals surface area contributed by atoms with Crippen molar-refractivity contribution in [2.75, 3.05) is 19.0 Å². The van der Waals surface area contributed by atoms with Crippen LogP contribution < -0.4 is 4.90 Å². The molecule has 0 aliphatic heterocycles. The fourth-order valence-electron chi connectivity index (χ4n) is 0.821. The first-order valence-corrected chi connectivity index (χ1v) is 4.71. The Morgan fingerprint density at radius 1 is 1.19 bits per heavy atom. The molecular formula is C11H16N2O3. The third-order valence-corrected chi connectivity index (χ3v) is 1.39. The molecule has 1 rings (SSSR count). The van der Waals surface area contributed by atoms with Crippen molar-refractivity contribution in [3.05, 3.63) is 24.4 Å². The minimum atomic E-state index is -0.562. The summed E-state index contributed by atoms with van der Waals surface area (Å²) in [5.41, 5.74) is 0. The lowest BCUT2D eigenvalue weighted by Crippen LogP contribution is -2.09. The Labute approximate surface area is 95.0 Å². The van der Waals surface area contributed by atoms with E-state index in [1.54, 1.807) is 6.20 Å². The predicted molar refractivity (Wildman–Crippen MR) is 61.0 cm³/mol. The van der Waals surface area contributed by atoms with Gasteiger partial charge in [-0.2, -0.15) is 0 Å². The second-order valence-corrected chi connectivity index (χ2v) is 3.17. The molecule has 0 bridgehead atoms. The van der Waals surface area contributed by atoms with E-state index in [1.807, 2.05) is 37.2 Å². The van der Waals surface area contributed by atoms with E-state index >= 15 is 0 Å². The Kier molecular flexibility index (Phi) is 6.51. The van der Waals surface area contributed by atoms with Crippen molar-refractivity contribution in [3.8, 4) is 0 Å². The van der Waals surface area contributed by atoms with Crippen molar-refractivity contribution in [2.45, 2.75) is 13.8 Å². The maximum Gasteiger partial charge on any atom is 0.310 e. The number of nitrogens with zero attached hydrogens (tertiary/aromatic N) is 2. The van der Waals surface area contributed by atoms with E-state index in [1.165, 1.54) is 13.8 Å². The van der Waals surface area contributed by atoms with E-state index in [0.717, 1.165) is 5.82 Å². The summed E-state index contributed by atoms with van der Waals surface area (Å²) in [4.78, 5) is 25.7. The fraction of sp³-hybridized carbons (Fsp3) is 0.364. The number of pyridine rings is 1. The highest BCUT2D eigenvalue weighted by Gasteiger charge is 1.93. The van der Waals surface area contributed by atoms with Crippen LogP contribution in [-0.2, 0) is 14.3 Å². The van der Waals surface area contributed by atoms with Gasteiger partial charge in [-0.25, -0.2) is 4.98 Å². The Hall–Kier alpha value is -1.91. The molecular weight excluding hydrogens is 208 g/mol. The van der Waals surface area contributed by atoms with E-state index in [0.29, 0.717) is 0 Å². The molecule has 16 heavy (non-hydrogen) atoms. The molecule has 0 atom stereocenters. The first kappa shape index (κ1) is 14.1. The molecule has 0 saturated carbocycles. The summed E-state index contributed by atoms with van der Waals surface area (Å²) in [5.74, 6) is -0.127. The van der Waals surface area contributed by atoms with Crippen LogP contribution in [0, 0.1) is 0 Å². The lowest BCUT2D eigenvalue weighted by Gasteiger charge is -2.08. The first-order valence-electron chi connectivity index (χ1n) is 4.71. The van der Waals surface area contributed by atoms with E-state index < -0.39 is 11.9 Å². The summed E-state index contributed by atoms with van der Waals surface area (Å²) in [5, 5.41) is 0. The van der Waals surface area contributed by atoms with Gasteiger partial charge in [-0.15, -0.1) is 0 Å². The normalized spacial score (nSPS) is 8.50. The van der Waals surface area contributed by atoms with E-state index in [9.17, 15) is 9.59 Å². The van der Waals surface area contributed by atoms with Crippen LogP contribution in [0.15, 0.2) is 24.4 Å². The Bertz CT molecular complexity index is 324. The zero-order valence-electron chi connectivity index (χ0n) is 9.93. The molecule has 0 saturated heterocycles. The zero-order valence-corrected chi connectivity index (χ0v) is 9.93. The van der Waals surface area contributed by atoms with Crippen LogP contribution in [0.1, 0.15) is 13.8 Å². The van der Waals surface area contributed by atoms with Crippen LogP contribution >= 0.6 is 0 Å². The number of anilines is 1. The molecule has 0 radical (unpaired) electrons. The molecule has 0 amide bonds. The second kappa shape index (κ2) is 7.39. The zero-order chi connectivity index (χ0) is 12.6. The summed E-state index contributed by atoms with van der Waals surface area (Å²) in [6.07, 6.45) is 1.79. The van der Waals surface area contributed by atoms with Gasteiger partial charge in [0.05, 0.1) is 0 Å². The quantitative estimate of drug-likeness (QED) is 0.530. The molecule has 5 heteroatoms. The second-order valence-electron chi connectivity index (χ2n) is 3.17. The predicted octanol–water partition coefficient (Wildman–Crippen LogP) is 1.24. The van der Waals surface area contributed by atoms with E-state index in [4.69, 9.17) is 0 Å². The molecule has 1 heterocycles. The van der Waals surface area contributed by atoms with Crippen LogP contribution in [0.2, 0.25) is 0 Å². The van der Waals surface area contributed by atoms with Gasteiger partial charge in [-0.05, 0) is 12.1 Å². The highest BCUT2D eigenvalue weighted by atomic mass is 16.6. The third-order valence-electron chi connectivity index (χ3n) is 1.39. The number of carbonyl (C=O) groups excluding carboxylic acids is 2. The summed E-state index contributed by atoms with van der Waals surface area (Å²) >= 11 is 0. The summed E-state index contributed by atoms with van der Waals surface area (Å²) in [6.45, 7) is 2.36. The van der Waals surface area contributed by atoms with Gasteiger partial charge < -0.3 is 9.64 Å².